The second-order valence-corrected chi connectivity index (χ2v) is 5.07. The second-order valence-electron chi connectivity index (χ2n) is 4.66. The number of hydrazone groups is 1. The SMILES string of the molecule is Cc1ccc(NC(=S)NN=Cc2ccccc2F)c(C)c1. The Morgan fingerprint density at radius 3 is 2.67 bits per heavy atom. The van der Waals surface area contributed by atoms with Crippen molar-refractivity contribution in [2.24, 2.45) is 5.10 Å². The number of aryl methyl sites for hydroxylation is 2. The number of rotatable bonds is 3. The third-order valence-electron chi connectivity index (χ3n) is 2.91. The van der Waals surface area contributed by atoms with Gasteiger partial charge < -0.3 is 5.32 Å². The molecule has 0 amide bonds. The van der Waals surface area contributed by atoms with Gasteiger partial charge in [0.2, 0.25) is 0 Å². The zero-order valence-electron chi connectivity index (χ0n) is 11.9. The van der Waals surface area contributed by atoms with Crippen LogP contribution in [0.1, 0.15) is 16.7 Å². The average Bonchev–Trinajstić information content (AvgIpc) is 2.44. The van der Waals surface area contributed by atoms with Crippen LogP contribution < -0.4 is 10.7 Å². The zero-order chi connectivity index (χ0) is 15.2. The van der Waals surface area contributed by atoms with Gasteiger partial charge >= 0.3 is 0 Å². The molecular weight excluding hydrogens is 285 g/mol. The summed E-state index contributed by atoms with van der Waals surface area (Å²) < 4.78 is 13.4. The highest BCUT2D eigenvalue weighted by atomic mass is 32.1. The minimum atomic E-state index is -0.323. The molecule has 0 unspecified atom stereocenters. The first kappa shape index (κ1) is 15.1. The Morgan fingerprint density at radius 2 is 1.95 bits per heavy atom. The summed E-state index contributed by atoms with van der Waals surface area (Å²) in [4.78, 5) is 0. The Balaban J connectivity index is 1.95. The van der Waals surface area contributed by atoms with Gasteiger partial charge in [-0.15, -0.1) is 0 Å². The summed E-state index contributed by atoms with van der Waals surface area (Å²) in [5, 5.41) is 7.33. The molecule has 5 heteroatoms. The van der Waals surface area contributed by atoms with Crippen LogP contribution in [0.2, 0.25) is 0 Å². The smallest absolute Gasteiger partial charge is 0.191 e. The normalized spacial score (nSPS) is 10.6. The molecule has 2 N–H and O–H groups in total. The van der Waals surface area contributed by atoms with Gasteiger partial charge in [0, 0.05) is 11.3 Å². The second kappa shape index (κ2) is 6.95. The number of nitrogens with zero attached hydrogens (tertiary/aromatic N) is 1. The summed E-state index contributed by atoms with van der Waals surface area (Å²) in [6.07, 6.45) is 1.39. The number of thiocarbonyl (C=S) groups is 1. The van der Waals surface area contributed by atoms with Crippen LogP contribution in [0.4, 0.5) is 10.1 Å². The molecule has 3 nitrogen and oxygen atoms in total. The van der Waals surface area contributed by atoms with Crippen molar-refractivity contribution in [3.05, 3.63) is 65.0 Å². The van der Waals surface area contributed by atoms with Crippen LogP contribution in [-0.2, 0) is 0 Å². The Hall–Kier alpha value is -2.27. The summed E-state index contributed by atoms with van der Waals surface area (Å²) in [5.74, 6) is -0.323. The fourth-order valence-corrected chi connectivity index (χ4v) is 2.01. The van der Waals surface area contributed by atoms with Gasteiger partial charge in [-0.2, -0.15) is 5.10 Å². The lowest BCUT2D eigenvalue weighted by Gasteiger charge is -2.10. The van der Waals surface area contributed by atoms with Crippen molar-refractivity contribution in [1.82, 2.24) is 5.43 Å². The van der Waals surface area contributed by atoms with Crippen molar-refractivity contribution >= 4 is 29.2 Å². The van der Waals surface area contributed by atoms with E-state index in [9.17, 15) is 4.39 Å². The van der Waals surface area contributed by atoms with Gasteiger partial charge in [0.25, 0.3) is 0 Å². The molecule has 2 aromatic rings. The maximum Gasteiger partial charge on any atom is 0.191 e. The fourth-order valence-electron chi connectivity index (χ4n) is 1.84. The van der Waals surface area contributed by atoms with Gasteiger partial charge in [0.15, 0.2) is 5.11 Å². The third-order valence-corrected chi connectivity index (χ3v) is 3.10. The van der Waals surface area contributed by atoms with E-state index in [0.29, 0.717) is 10.7 Å². The van der Waals surface area contributed by atoms with Crippen molar-refractivity contribution in [2.45, 2.75) is 13.8 Å². The van der Waals surface area contributed by atoms with Gasteiger partial charge in [0.05, 0.1) is 6.21 Å². The maximum atomic E-state index is 13.4. The Labute approximate surface area is 128 Å². The highest BCUT2D eigenvalue weighted by molar-refractivity contribution is 7.80. The molecule has 0 saturated carbocycles. The minimum absolute atomic E-state index is 0.323. The number of nitrogens with one attached hydrogen (secondary N) is 2. The van der Waals surface area contributed by atoms with Crippen molar-refractivity contribution < 1.29 is 4.39 Å². The molecule has 21 heavy (non-hydrogen) atoms. The average molecular weight is 301 g/mol. The molecule has 2 rings (SSSR count). The lowest BCUT2D eigenvalue weighted by atomic mass is 10.1. The zero-order valence-corrected chi connectivity index (χ0v) is 12.7. The van der Waals surface area contributed by atoms with E-state index in [1.165, 1.54) is 17.8 Å². The van der Waals surface area contributed by atoms with Crippen LogP contribution in [0.15, 0.2) is 47.6 Å². The molecule has 2 aromatic carbocycles. The first-order valence-corrected chi connectivity index (χ1v) is 6.89. The molecule has 0 aliphatic rings. The maximum absolute atomic E-state index is 13.4. The van der Waals surface area contributed by atoms with Gasteiger partial charge in [0.1, 0.15) is 5.82 Å². The largest absolute Gasteiger partial charge is 0.331 e. The minimum Gasteiger partial charge on any atom is -0.331 e. The topological polar surface area (TPSA) is 36.4 Å². The number of benzene rings is 2. The van der Waals surface area contributed by atoms with E-state index in [2.05, 4.69) is 21.9 Å². The molecule has 0 atom stereocenters. The Bertz CT molecular complexity index is 683. The predicted molar refractivity (Wildman–Crippen MR) is 89.3 cm³/mol. The molecule has 0 saturated heterocycles. The molecule has 0 aromatic heterocycles. The highest BCUT2D eigenvalue weighted by Crippen LogP contribution is 2.15. The van der Waals surface area contributed by atoms with Crippen molar-refractivity contribution in [3.63, 3.8) is 0 Å². The van der Waals surface area contributed by atoms with E-state index in [1.54, 1.807) is 18.2 Å². The number of hydrogen-bond donors (Lipinski definition) is 2. The standard InChI is InChI=1S/C16H16FN3S/c1-11-7-8-15(12(2)9-11)19-16(21)20-18-10-13-5-3-4-6-14(13)17/h3-10H,1-2H3,(H2,19,20,21). The first-order chi connectivity index (χ1) is 10.1. The van der Waals surface area contributed by atoms with Crippen LogP contribution in [0.25, 0.3) is 0 Å². The van der Waals surface area contributed by atoms with Gasteiger partial charge in [-0.25, -0.2) is 4.39 Å². The van der Waals surface area contributed by atoms with E-state index < -0.39 is 0 Å². The monoisotopic (exact) mass is 301 g/mol. The summed E-state index contributed by atoms with van der Waals surface area (Å²) in [6.45, 7) is 4.03. The van der Waals surface area contributed by atoms with Gasteiger partial charge in [-0.3, -0.25) is 5.43 Å². The molecule has 0 aliphatic heterocycles. The molecule has 0 heterocycles. The molecule has 0 fully saturated rings. The lowest BCUT2D eigenvalue weighted by molar-refractivity contribution is 0.626. The summed E-state index contributed by atoms with van der Waals surface area (Å²) in [6, 6.07) is 12.4. The van der Waals surface area contributed by atoms with E-state index in [0.717, 1.165) is 11.3 Å². The Morgan fingerprint density at radius 1 is 1.19 bits per heavy atom. The van der Waals surface area contributed by atoms with Crippen LogP contribution in [0, 0.1) is 19.7 Å². The van der Waals surface area contributed by atoms with E-state index >= 15 is 0 Å². The summed E-state index contributed by atoms with van der Waals surface area (Å²) in [7, 11) is 0. The molecule has 0 aliphatic carbocycles. The Kier molecular flexibility index (Phi) is 5.00. The van der Waals surface area contributed by atoms with Crippen LogP contribution >= 0.6 is 12.2 Å². The molecule has 0 radical (unpaired) electrons. The number of hydrogen-bond acceptors (Lipinski definition) is 2. The lowest BCUT2D eigenvalue weighted by Crippen LogP contribution is -2.24. The van der Waals surface area contributed by atoms with Crippen LogP contribution in [-0.4, -0.2) is 11.3 Å². The highest BCUT2D eigenvalue weighted by Gasteiger charge is 2.01. The van der Waals surface area contributed by atoms with E-state index in [4.69, 9.17) is 12.2 Å². The first-order valence-electron chi connectivity index (χ1n) is 6.48. The number of anilines is 1. The quantitative estimate of drug-likeness (QED) is 0.515. The van der Waals surface area contributed by atoms with Gasteiger partial charge in [-0.05, 0) is 43.8 Å². The summed E-state index contributed by atoms with van der Waals surface area (Å²) >= 11 is 5.15. The van der Waals surface area contributed by atoms with E-state index in [1.807, 2.05) is 26.0 Å². The number of halogens is 1. The van der Waals surface area contributed by atoms with Crippen molar-refractivity contribution in [3.8, 4) is 0 Å². The summed E-state index contributed by atoms with van der Waals surface area (Å²) in [5.41, 5.74) is 6.27. The van der Waals surface area contributed by atoms with Crippen LogP contribution in [0.5, 0.6) is 0 Å². The van der Waals surface area contributed by atoms with Crippen molar-refractivity contribution in [2.75, 3.05) is 5.32 Å². The van der Waals surface area contributed by atoms with Gasteiger partial charge in [-0.1, -0.05) is 35.9 Å². The van der Waals surface area contributed by atoms with E-state index in [-0.39, 0.29) is 5.82 Å². The predicted octanol–water partition coefficient (Wildman–Crippen LogP) is 3.76. The molecule has 0 spiro atoms. The third kappa shape index (κ3) is 4.36. The molecule has 108 valence electrons. The van der Waals surface area contributed by atoms with Crippen molar-refractivity contribution in [1.29, 1.82) is 0 Å². The molecular formula is C16H16FN3S. The van der Waals surface area contributed by atoms with Crippen LogP contribution in [0.3, 0.4) is 0 Å². The fraction of sp³-hybridized carbons (Fsp3) is 0.125. The molecule has 0 bridgehead atoms.